The third kappa shape index (κ3) is 3.72. The van der Waals surface area contributed by atoms with Gasteiger partial charge < -0.3 is 4.42 Å². The van der Waals surface area contributed by atoms with Crippen LogP contribution in [0.5, 0.6) is 0 Å². The lowest BCUT2D eigenvalue weighted by molar-refractivity contribution is 0.669. The molecule has 1 heteroatoms. The molecule has 9 rings (SSSR count). The summed E-state index contributed by atoms with van der Waals surface area (Å²) < 4.78 is 34.6. The van der Waals surface area contributed by atoms with Crippen LogP contribution in [0.25, 0.3) is 87.6 Å². The molecule has 200 valence electrons. The van der Waals surface area contributed by atoms with Crippen molar-refractivity contribution in [3.63, 3.8) is 0 Å². The molecule has 1 aromatic heterocycles. The van der Waals surface area contributed by atoms with Crippen molar-refractivity contribution in [3.05, 3.63) is 158 Å². The Morgan fingerprint density at radius 3 is 1.65 bits per heavy atom. The molecule has 0 aliphatic heterocycles. The molecule has 1 nitrogen and oxygen atoms in total. The molecule has 0 saturated heterocycles. The molecular formula is C42H26O. The van der Waals surface area contributed by atoms with Gasteiger partial charge in [0, 0.05) is 10.8 Å². The Morgan fingerprint density at radius 2 is 0.953 bits per heavy atom. The molecular weight excluding hydrogens is 520 g/mol. The molecule has 0 amide bonds. The van der Waals surface area contributed by atoms with Crippen LogP contribution in [0.15, 0.2) is 162 Å². The number of furan rings is 1. The second kappa shape index (κ2) is 9.44. The molecule has 43 heavy (non-hydrogen) atoms. The molecule has 0 radical (unpaired) electrons. The molecule has 0 aliphatic carbocycles. The minimum Gasteiger partial charge on any atom is -0.456 e. The maximum absolute atomic E-state index is 9.55. The van der Waals surface area contributed by atoms with Crippen molar-refractivity contribution in [3.8, 4) is 33.4 Å². The number of benzene rings is 8. The van der Waals surface area contributed by atoms with Gasteiger partial charge in [-0.1, -0.05) is 133 Å². The van der Waals surface area contributed by atoms with Crippen molar-refractivity contribution in [1.29, 1.82) is 0 Å². The minimum absolute atomic E-state index is 0.0288. The smallest absolute Gasteiger partial charge is 0.136 e. The van der Waals surface area contributed by atoms with Crippen LogP contribution in [-0.2, 0) is 0 Å². The summed E-state index contributed by atoms with van der Waals surface area (Å²) in [7, 11) is 0. The second-order valence-electron chi connectivity index (χ2n) is 11.0. The minimum atomic E-state index is 0.0288. The van der Waals surface area contributed by atoms with Crippen LogP contribution in [0.4, 0.5) is 0 Å². The van der Waals surface area contributed by atoms with Crippen molar-refractivity contribution >= 4 is 54.3 Å². The van der Waals surface area contributed by atoms with Crippen LogP contribution in [0.2, 0.25) is 0 Å². The summed E-state index contributed by atoms with van der Waals surface area (Å²) in [5, 5.41) is 7.26. The average molecular weight is 550 g/mol. The highest BCUT2D eigenvalue weighted by Crippen LogP contribution is 2.46. The van der Waals surface area contributed by atoms with Gasteiger partial charge in [-0.05, 0) is 89.9 Å². The van der Waals surface area contributed by atoms with E-state index in [0.717, 1.165) is 65.5 Å². The van der Waals surface area contributed by atoms with Gasteiger partial charge in [0.25, 0.3) is 0 Å². The monoisotopic (exact) mass is 549 g/mol. The second-order valence-corrected chi connectivity index (χ2v) is 11.0. The lowest BCUT2D eigenvalue weighted by Gasteiger charge is -2.19. The molecule has 9 aromatic rings. The van der Waals surface area contributed by atoms with Crippen LogP contribution in [-0.4, -0.2) is 0 Å². The molecule has 0 unspecified atom stereocenters. The first-order chi connectivity index (χ1) is 22.6. The standard InChI is InChI=1S/C42H26O/c1-2-12-27(13-3-1)31-16-6-7-17-33(31)42-36-20-10-8-18-34(36)41(35-19-9-11-21-37(35)42)30-22-23-32-38-24-28-14-4-5-15-29(28)25-40(38)43-39(32)26-30/h1-26H/i22D,23D,26D. The summed E-state index contributed by atoms with van der Waals surface area (Å²) in [4.78, 5) is 0. The van der Waals surface area contributed by atoms with Crippen LogP contribution in [0.3, 0.4) is 0 Å². The largest absolute Gasteiger partial charge is 0.456 e. The Hall–Kier alpha value is -5.66. The first-order valence-electron chi connectivity index (χ1n) is 16.0. The molecule has 0 saturated carbocycles. The molecule has 1 heterocycles. The van der Waals surface area contributed by atoms with Crippen molar-refractivity contribution in [2.75, 3.05) is 0 Å². The number of hydrogen-bond acceptors (Lipinski definition) is 1. The van der Waals surface area contributed by atoms with Gasteiger partial charge in [0.15, 0.2) is 0 Å². The highest BCUT2D eigenvalue weighted by atomic mass is 16.3. The summed E-state index contributed by atoms with van der Waals surface area (Å²) >= 11 is 0. The predicted octanol–water partition coefficient (Wildman–Crippen LogP) is 12.0. The van der Waals surface area contributed by atoms with E-state index in [9.17, 15) is 4.11 Å². The lowest BCUT2D eigenvalue weighted by Crippen LogP contribution is -1.92. The van der Waals surface area contributed by atoms with Crippen LogP contribution < -0.4 is 0 Å². The van der Waals surface area contributed by atoms with Gasteiger partial charge in [-0.3, -0.25) is 0 Å². The third-order valence-corrected chi connectivity index (χ3v) is 8.57. The number of fused-ring (bicyclic) bond motifs is 6. The van der Waals surface area contributed by atoms with Crippen molar-refractivity contribution in [1.82, 2.24) is 0 Å². The van der Waals surface area contributed by atoms with Crippen LogP contribution in [0, 0.1) is 0 Å². The van der Waals surface area contributed by atoms with E-state index in [0.29, 0.717) is 22.1 Å². The first-order valence-corrected chi connectivity index (χ1v) is 14.5. The van der Waals surface area contributed by atoms with Gasteiger partial charge in [0.1, 0.15) is 11.2 Å². The fourth-order valence-corrected chi connectivity index (χ4v) is 6.65. The zero-order chi connectivity index (χ0) is 30.9. The maximum Gasteiger partial charge on any atom is 0.136 e. The predicted molar refractivity (Wildman–Crippen MR) is 183 cm³/mol. The summed E-state index contributed by atoms with van der Waals surface area (Å²) in [5.74, 6) is 0. The van der Waals surface area contributed by atoms with Gasteiger partial charge in [-0.2, -0.15) is 0 Å². The van der Waals surface area contributed by atoms with Crippen molar-refractivity contribution in [2.45, 2.75) is 0 Å². The fraction of sp³-hybridized carbons (Fsp3) is 0. The number of rotatable bonds is 3. The molecule has 0 N–H and O–H groups in total. The van der Waals surface area contributed by atoms with Gasteiger partial charge >= 0.3 is 0 Å². The van der Waals surface area contributed by atoms with Crippen LogP contribution in [0.1, 0.15) is 4.11 Å². The fourth-order valence-electron chi connectivity index (χ4n) is 6.65. The van der Waals surface area contributed by atoms with Crippen LogP contribution >= 0.6 is 0 Å². The zero-order valence-corrected chi connectivity index (χ0v) is 23.2. The Labute approximate surface area is 253 Å². The zero-order valence-electron chi connectivity index (χ0n) is 26.2. The van der Waals surface area contributed by atoms with Gasteiger partial charge in [-0.15, -0.1) is 0 Å². The lowest BCUT2D eigenvalue weighted by atomic mass is 9.84. The van der Waals surface area contributed by atoms with E-state index >= 15 is 0 Å². The molecule has 0 fully saturated rings. The topological polar surface area (TPSA) is 13.1 Å². The SMILES string of the molecule is [2H]c1c(-c2c3ccccc3c(-c3ccccc3-c3ccccc3)c3ccccc23)c([2H])c2oc3cc4ccccc4cc3c2c1[2H]. The normalized spacial score (nSPS) is 12.7. The highest BCUT2D eigenvalue weighted by molar-refractivity contribution is 6.23. The van der Waals surface area contributed by atoms with E-state index in [1.54, 1.807) is 0 Å². The molecule has 0 bridgehead atoms. The van der Waals surface area contributed by atoms with Crippen molar-refractivity contribution < 1.29 is 8.53 Å². The van der Waals surface area contributed by atoms with E-state index in [1.165, 1.54) is 0 Å². The summed E-state index contributed by atoms with van der Waals surface area (Å²) in [6.45, 7) is 0. The third-order valence-electron chi connectivity index (χ3n) is 8.57. The molecule has 0 spiro atoms. The quantitative estimate of drug-likeness (QED) is 0.200. The summed E-state index contributed by atoms with van der Waals surface area (Å²) in [6.07, 6.45) is 0. The summed E-state index contributed by atoms with van der Waals surface area (Å²) in [6, 6.07) is 47.7. The Bertz CT molecular complexity index is 2610. The Morgan fingerprint density at radius 1 is 0.395 bits per heavy atom. The molecule has 8 aromatic carbocycles. The van der Waals surface area contributed by atoms with E-state index in [4.69, 9.17) is 4.42 Å². The summed E-state index contributed by atoms with van der Waals surface area (Å²) in [5.41, 5.74) is 6.65. The van der Waals surface area contributed by atoms with E-state index in [1.807, 2.05) is 66.7 Å². The Kier molecular flexibility index (Phi) is 4.63. The molecule has 0 aliphatic rings. The van der Waals surface area contributed by atoms with Gasteiger partial charge in [-0.25, -0.2) is 0 Å². The molecule has 0 atom stereocenters. The van der Waals surface area contributed by atoms with Gasteiger partial charge in [0.05, 0.1) is 4.11 Å². The number of hydrogen-bond donors (Lipinski definition) is 0. The maximum atomic E-state index is 9.55. The highest BCUT2D eigenvalue weighted by Gasteiger charge is 2.19. The first kappa shape index (κ1) is 21.1. The van der Waals surface area contributed by atoms with E-state index in [2.05, 4.69) is 72.8 Å². The Balaban J connectivity index is 1.41. The van der Waals surface area contributed by atoms with Crippen molar-refractivity contribution in [2.24, 2.45) is 0 Å². The van der Waals surface area contributed by atoms with E-state index in [-0.39, 0.29) is 18.1 Å². The van der Waals surface area contributed by atoms with Gasteiger partial charge in [0.2, 0.25) is 0 Å². The average Bonchev–Trinajstić information content (AvgIpc) is 3.48. The van der Waals surface area contributed by atoms with E-state index < -0.39 is 0 Å².